The number of rotatable bonds is 3. The topological polar surface area (TPSA) is 81.4 Å². The number of nitrogens with two attached hydrogens (primary N) is 1. The minimum Gasteiger partial charge on any atom is -0.478 e. The lowest BCUT2D eigenvalue weighted by Crippen LogP contribution is -2.42. The summed E-state index contributed by atoms with van der Waals surface area (Å²) in [5.41, 5.74) is 4.77. The zero-order chi connectivity index (χ0) is 13.0. The molecule has 1 atom stereocenters. The highest BCUT2D eigenvalue weighted by atomic mass is 79.9. The van der Waals surface area contributed by atoms with Crippen molar-refractivity contribution in [2.75, 3.05) is 0 Å². The molecule has 0 bridgehead atoms. The molecule has 92 valence electrons. The molecule has 17 heavy (non-hydrogen) atoms. The lowest BCUT2D eigenvalue weighted by molar-refractivity contribution is -0.126. The molecule has 0 spiro atoms. The van der Waals surface area contributed by atoms with E-state index in [9.17, 15) is 14.0 Å². The van der Waals surface area contributed by atoms with E-state index in [0.717, 1.165) is 0 Å². The Morgan fingerprint density at radius 2 is 2.18 bits per heavy atom. The summed E-state index contributed by atoms with van der Waals surface area (Å²) in [5, 5.41) is 1.84. The summed E-state index contributed by atoms with van der Waals surface area (Å²) in [5.74, 6) is -1.43. The molecule has 7 heteroatoms. The van der Waals surface area contributed by atoms with Gasteiger partial charge in [0.15, 0.2) is 17.7 Å². The Bertz CT molecular complexity index is 453. The minimum atomic E-state index is -1.03. The van der Waals surface area contributed by atoms with Crippen LogP contribution in [0, 0.1) is 5.82 Å². The number of amides is 3. The van der Waals surface area contributed by atoms with Crippen LogP contribution in [0.5, 0.6) is 5.75 Å². The van der Waals surface area contributed by atoms with Crippen molar-refractivity contribution < 1.29 is 18.7 Å². The maximum absolute atomic E-state index is 13.4. The van der Waals surface area contributed by atoms with Gasteiger partial charge in [-0.1, -0.05) is 15.9 Å². The first-order valence-corrected chi connectivity index (χ1v) is 5.41. The van der Waals surface area contributed by atoms with Gasteiger partial charge in [-0.05, 0) is 25.1 Å². The molecule has 0 aliphatic rings. The number of hydrogen-bond donors (Lipinski definition) is 2. The molecule has 0 radical (unpaired) electrons. The number of urea groups is 1. The molecule has 0 fully saturated rings. The van der Waals surface area contributed by atoms with E-state index in [1.807, 2.05) is 5.32 Å². The maximum Gasteiger partial charge on any atom is 0.318 e. The second-order valence-electron chi connectivity index (χ2n) is 3.19. The van der Waals surface area contributed by atoms with E-state index >= 15 is 0 Å². The number of primary amides is 1. The normalized spacial score (nSPS) is 11.7. The number of benzene rings is 1. The van der Waals surface area contributed by atoms with E-state index in [-0.39, 0.29) is 5.75 Å². The fraction of sp³-hybridized carbons (Fsp3) is 0.200. The summed E-state index contributed by atoms with van der Waals surface area (Å²) in [4.78, 5) is 21.7. The van der Waals surface area contributed by atoms with E-state index in [1.54, 1.807) is 6.07 Å². The Labute approximate surface area is 105 Å². The largest absolute Gasteiger partial charge is 0.478 e. The number of ether oxygens (including phenoxy) is 1. The van der Waals surface area contributed by atoms with E-state index in [1.165, 1.54) is 19.1 Å². The number of hydrogen-bond acceptors (Lipinski definition) is 3. The van der Waals surface area contributed by atoms with Crippen LogP contribution in [0.25, 0.3) is 0 Å². The van der Waals surface area contributed by atoms with Gasteiger partial charge >= 0.3 is 6.03 Å². The van der Waals surface area contributed by atoms with Crippen molar-refractivity contribution in [1.82, 2.24) is 5.32 Å². The number of nitrogens with one attached hydrogen (secondary N) is 1. The second-order valence-corrected chi connectivity index (χ2v) is 4.10. The zero-order valence-electron chi connectivity index (χ0n) is 8.87. The molecule has 1 unspecified atom stereocenters. The standard InChI is InChI=1S/C10H10BrFN2O3/c1-5(9(15)14-10(13)16)17-8-3-2-6(11)4-7(8)12/h2-5H,1H3,(H3,13,14,15,16). The predicted octanol–water partition coefficient (Wildman–Crippen LogP) is 1.55. The predicted molar refractivity (Wildman–Crippen MR) is 61.9 cm³/mol. The van der Waals surface area contributed by atoms with Crippen LogP contribution in [0.3, 0.4) is 0 Å². The van der Waals surface area contributed by atoms with Crippen molar-refractivity contribution in [2.45, 2.75) is 13.0 Å². The quantitative estimate of drug-likeness (QED) is 0.889. The van der Waals surface area contributed by atoms with Crippen molar-refractivity contribution in [3.05, 3.63) is 28.5 Å². The minimum absolute atomic E-state index is 0.0830. The third kappa shape index (κ3) is 4.03. The van der Waals surface area contributed by atoms with Crippen molar-refractivity contribution >= 4 is 27.9 Å². The SMILES string of the molecule is CC(Oc1ccc(Br)cc1F)C(=O)NC(N)=O. The summed E-state index contributed by atoms with van der Waals surface area (Å²) in [7, 11) is 0. The van der Waals surface area contributed by atoms with E-state index in [0.29, 0.717) is 4.47 Å². The van der Waals surface area contributed by atoms with Gasteiger partial charge in [0.1, 0.15) is 0 Å². The van der Waals surface area contributed by atoms with Crippen molar-refractivity contribution in [1.29, 1.82) is 0 Å². The van der Waals surface area contributed by atoms with Crippen LogP contribution in [0.1, 0.15) is 6.92 Å². The Morgan fingerprint density at radius 1 is 1.53 bits per heavy atom. The molecule has 0 saturated heterocycles. The summed E-state index contributed by atoms with van der Waals surface area (Å²) in [6, 6.07) is 3.15. The lowest BCUT2D eigenvalue weighted by Gasteiger charge is -2.13. The molecule has 1 aromatic carbocycles. The highest BCUT2D eigenvalue weighted by Gasteiger charge is 2.17. The monoisotopic (exact) mass is 304 g/mol. The molecular formula is C10H10BrFN2O3. The third-order valence-corrected chi connectivity index (χ3v) is 2.31. The molecule has 0 heterocycles. The van der Waals surface area contributed by atoms with E-state index < -0.39 is 23.9 Å². The van der Waals surface area contributed by atoms with Gasteiger partial charge in [-0.3, -0.25) is 10.1 Å². The summed E-state index contributed by atoms with van der Waals surface area (Å²) in [6.07, 6.45) is -1.03. The number of halogens is 2. The average Bonchev–Trinajstić information content (AvgIpc) is 2.21. The molecule has 1 rings (SSSR count). The van der Waals surface area contributed by atoms with Gasteiger partial charge in [0.25, 0.3) is 5.91 Å². The van der Waals surface area contributed by atoms with Crippen LogP contribution in [0.4, 0.5) is 9.18 Å². The van der Waals surface area contributed by atoms with E-state index in [4.69, 9.17) is 10.5 Å². The van der Waals surface area contributed by atoms with Crippen molar-refractivity contribution in [3.63, 3.8) is 0 Å². The highest BCUT2D eigenvalue weighted by Crippen LogP contribution is 2.22. The smallest absolute Gasteiger partial charge is 0.318 e. The fourth-order valence-electron chi connectivity index (χ4n) is 1.04. The van der Waals surface area contributed by atoms with Gasteiger partial charge in [0.05, 0.1) is 0 Å². The van der Waals surface area contributed by atoms with Crippen LogP contribution in [0.2, 0.25) is 0 Å². The van der Waals surface area contributed by atoms with Gasteiger partial charge in [-0.2, -0.15) is 0 Å². The molecule has 0 aliphatic heterocycles. The Balaban J connectivity index is 2.70. The Hall–Kier alpha value is -1.63. The van der Waals surface area contributed by atoms with Crippen LogP contribution in [-0.2, 0) is 4.79 Å². The van der Waals surface area contributed by atoms with Gasteiger partial charge in [-0.15, -0.1) is 0 Å². The summed E-state index contributed by atoms with van der Waals surface area (Å²) < 4.78 is 19.0. The van der Waals surface area contributed by atoms with E-state index in [2.05, 4.69) is 15.9 Å². The van der Waals surface area contributed by atoms with Gasteiger partial charge in [0, 0.05) is 4.47 Å². The molecular weight excluding hydrogens is 295 g/mol. The first-order chi connectivity index (χ1) is 7.90. The van der Waals surface area contributed by atoms with Gasteiger partial charge < -0.3 is 10.5 Å². The maximum atomic E-state index is 13.4. The Morgan fingerprint density at radius 3 is 2.71 bits per heavy atom. The third-order valence-electron chi connectivity index (χ3n) is 1.81. The van der Waals surface area contributed by atoms with Gasteiger partial charge in [0.2, 0.25) is 0 Å². The van der Waals surface area contributed by atoms with Crippen molar-refractivity contribution in [2.24, 2.45) is 5.73 Å². The van der Waals surface area contributed by atoms with Gasteiger partial charge in [-0.25, -0.2) is 9.18 Å². The highest BCUT2D eigenvalue weighted by molar-refractivity contribution is 9.10. The molecule has 3 N–H and O–H groups in total. The second kappa shape index (κ2) is 5.62. The molecule has 5 nitrogen and oxygen atoms in total. The molecule has 0 saturated carbocycles. The average molecular weight is 305 g/mol. The molecule has 0 aromatic heterocycles. The molecule has 3 amide bonds. The first kappa shape index (κ1) is 13.4. The summed E-state index contributed by atoms with van der Waals surface area (Å²) in [6.45, 7) is 1.37. The Kier molecular flexibility index (Phi) is 4.45. The molecule has 1 aromatic rings. The number of carbonyl (C=O) groups is 2. The van der Waals surface area contributed by atoms with Crippen LogP contribution in [-0.4, -0.2) is 18.0 Å². The number of carbonyl (C=O) groups excluding carboxylic acids is 2. The van der Waals surface area contributed by atoms with Crippen molar-refractivity contribution in [3.8, 4) is 5.75 Å². The summed E-state index contributed by atoms with van der Waals surface area (Å²) >= 11 is 3.09. The zero-order valence-corrected chi connectivity index (χ0v) is 10.5. The fourth-order valence-corrected chi connectivity index (χ4v) is 1.37. The molecule has 0 aliphatic carbocycles. The first-order valence-electron chi connectivity index (χ1n) is 4.62. The van der Waals surface area contributed by atoms with Crippen LogP contribution in [0.15, 0.2) is 22.7 Å². The van der Waals surface area contributed by atoms with Crippen LogP contribution < -0.4 is 15.8 Å². The van der Waals surface area contributed by atoms with Crippen LogP contribution >= 0.6 is 15.9 Å². The number of imide groups is 1. The lowest BCUT2D eigenvalue weighted by atomic mass is 10.3.